The van der Waals surface area contributed by atoms with Crippen LogP contribution >= 0.6 is 11.3 Å². The molecule has 5 heteroatoms. The van der Waals surface area contributed by atoms with Crippen molar-refractivity contribution in [2.75, 3.05) is 12.4 Å². The number of aromatic nitrogens is 3. The Balaban J connectivity index is 2.10. The quantitative estimate of drug-likeness (QED) is 0.735. The second-order valence-electron chi connectivity index (χ2n) is 3.38. The predicted octanol–water partition coefficient (Wildman–Crippen LogP) is 2.50. The van der Waals surface area contributed by atoms with Gasteiger partial charge in [0.05, 0.1) is 11.9 Å². The highest BCUT2D eigenvalue weighted by Crippen LogP contribution is 2.23. The predicted molar refractivity (Wildman–Crippen MR) is 65.8 cm³/mol. The van der Waals surface area contributed by atoms with Crippen molar-refractivity contribution < 1.29 is 0 Å². The molecule has 1 aromatic carbocycles. The second kappa shape index (κ2) is 3.61. The van der Waals surface area contributed by atoms with Crippen LogP contribution in [-0.2, 0) is 0 Å². The van der Waals surface area contributed by atoms with Crippen LogP contribution < -0.4 is 5.32 Å². The lowest BCUT2D eigenvalue weighted by molar-refractivity contribution is 0.975. The molecule has 0 aliphatic heterocycles. The molecule has 0 aliphatic carbocycles. The number of imidazole rings is 1. The first-order chi connectivity index (χ1) is 7.86. The van der Waals surface area contributed by atoms with Gasteiger partial charge in [-0.15, -0.1) is 5.10 Å². The maximum atomic E-state index is 4.53. The lowest BCUT2D eigenvalue weighted by Crippen LogP contribution is -1.88. The summed E-state index contributed by atoms with van der Waals surface area (Å²) in [5, 5.41) is 8.22. The maximum Gasteiger partial charge on any atom is 0.214 e. The Morgan fingerprint density at radius 2 is 2.06 bits per heavy atom. The van der Waals surface area contributed by atoms with Crippen molar-refractivity contribution in [1.82, 2.24) is 14.6 Å². The van der Waals surface area contributed by atoms with E-state index in [4.69, 9.17) is 0 Å². The zero-order valence-electron chi connectivity index (χ0n) is 8.71. The van der Waals surface area contributed by atoms with E-state index in [1.54, 1.807) is 15.9 Å². The molecule has 0 amide bonds. The highest BCUT2D eigenvalue weighted by atomic mass is 32.1. The van der Waals surface area contributed by atoms with Crippen molar-refractivity contribution in [2.45, 2.75) is 0 Å². The van der Waals surface area contributed by atoms with Crippen LogP contribution in [0.1, 0.15) is 0 Å². The molecule has 0 atom stereocenters. The number of hydrogen-bond acceptors (Lipinski definition) is 4. The molecule has 1 N–H and O–H groups in total. The Bertz CT molecular complexity index is 580. The van der Waals surface area contributed by atoms with Gasteiger partial charge in [-0.25, -0.2) is 9.50 Å². The molecule has 0 bridgehead atoms. The van der Waals surface area contributed by atoms with Gasteiger partial charge in [-0.1, -0.05) is 41.7 Å². The summed E-state index contributed by atoms with van der Waals surface area (Å²) in [6.45, 7) is 0. The van der Waals surface area contributed by atoms with Crippen LogP contribution in [0.15, 0.2) is 36.5 Å². The van der Waals surface area contributed by atoms with E-state index < -0.39 is 0 Å². The summed E-state index contributed by atoms with van der Waals surface area (Å²) in [4.78, 5) is 5.44. The summed E-state index contributed by atoms with van der Waals surface area (Å²) in [5.74, 6) is 0. The van der Waals surface area contributed by atoms with E-state index in [1.807, 2.05) is 43.6 Å². The summed E-state index contributed by atoms with van der Waals surface area (Å²) < 4.78 is 1.80. The van der Waals surface area contributed by atoms with Gasteiger partial charge in [0.1, 0.15) is 0 Å². The van der Waals surface area contributed by atoms with Crippen molar-refractivity contribution in [3.8, 4) is 11.3 Å². The van der Waals surface area contributed by atoms with Gasteiger partial charge in [0.2, 0.25) is 10.1 Å². The Morgan fingerprint density at radius 1 is 1.25 bits per heavy atom. The van der Waals surface area contributed by atoms with Gasteiger partial charge in [-0.05, 0) is 0 Å². The standard InChI is InChI=1S/C11H10N4S/c1-12-10-14-15-7-9(13-11(15)16-10)8-5-3-2-4-6-8/h2-7H,1H3,(H,12,14). The van der Waals surface area contributed by atoms with Crippen molar-refractivity contribution >= 4 is 21.4 Å². The van der Waals surface area contributed by atoms with E-state index in [2.05, 4.69) is 15.4 Å². The van der Waals surface area contributed by atoms with Gasteiger partial charge in [0.15, 0.2) is 0 Å². The molecular weight excluding hydrogens is 220 g/mol. The van der Waals surface area contributed by atoms with Gasteiger partial charge >= 0.3 is 0 Å². The van der Waals surface area contributed by atoms with Crippen LogP contribution in [0, 0.1) is 0 Å². The fourth-order valence-electron chi connectivity index (χ4n) is 1.55. The third-order valence-corrected chi connectivity index (χ3v) is 3.27. The Hall–Kier alpha value is -1.88. The van der Waals surface area contributed by atoms with E-state index in [0.29, 0.717) is 0 Å². The SMILES string of the molecule is CNc1nn2cc(-c3ccccc3)nc2s1. The molecule has 16 heavy (non-hydrogen) atoms. The van der Waals surface area contributed by atoms with E-state index in [1.165, 1.54) is 0 Å². The van der Waals surface area contributed by atoms with Crippen LogP contribution in [-0.4, -0.2) is 21.6 Å². The number of nitrogens with one attached hydrogen (secondary N) is 1. The van der Waals surface area contributed by atoms with Crippen LogP contribution in [0.25, 0.3) is 16.2 Å². The number of nitrogens with zero attached hydrogens (tertiary/aromatic N) is 3. The first-order valence-electron chi connectivity index (χ1n) is 4.96. The lowest BCUT2D eigenvalue weighted by atomic mass is 10.2. The summed E-state index contributed by atoms with van der Waals surface area (Å²) in [6, 6.07) is 10.1. The topological polar surface area (TPSA) is 42.2 Å². The zero-order valence-corrected chi connectivity index (χ0v) is 9.53. The fourth-order valence-corrected chi connectivity index (χ4v) is 2.28. The molecular formula is C11H10N4S. The van der Waals surface area contributed by atoms with Gasteiger partial charge in [-0.3, -0.25) is 0 Å². The number of hydrogen-bond donors (Lipinski definition) is 1. The molecule has 2 aromatic heterocycles. The van der Waals surface area contributed by atoms with Gasteiger partial charge in [0.25, 0.3) is 0 Å². The molecule has 80 valence electrons. The Morgan fingerprint density at radius 3 is 2.75 bits per heavy atom. The monoisotopic (exact) mass is 230 g/mol. The van der Waals surface area contributed by atoms with Gasteiger partial charge in [0, 0.05) is 12.6 Å². The van der Waals surface area contributed by atoms with Crippen molar-refractivity contribution in [1.29, 1.82) is 0 Å². The molecule has 0 spiro atoms. The minimum Gasteiger partial charge on any atom is -0.363 e. The molecule has 3 aromatic rings. The molecule has 0 radical (unpaired) electrons. The Labute approximate surface area is 96.6 Å². The van der Waals surface area contributed by atoms with Crippen LogP contribution in [0.2, 0.25) is 0 Å². The summed E-state index contributed by atoms with van der Waals surface area (Å²) in [7, 11) is 1.86. The molecule has 0 aliphatic rings. The van der Waals surface area contributed by atoms with Crippen molar-refractivity contribution in [2.24, 2.45) is 0 Å². The van der Waals surface area contributed by atoms with E-state index in [9.17, 15) is 0 Å². The average Bonchev–Trinajstić information content (AvgIpc) is 2.87. The number of anilines is 1. The van der Waals surface area contributed by atoms with Crippen LogP contribution in [0.4, 0.5) is 5.13 Å². The first kappa shape index (κ1) is 9.35. The Kier molecular flexibility index (Phi) is 2.11. The lowest BCUT2D eigenvalue weighted by Gasteiger charge is -1.93. The number of rotatable bonds is 2. The normalized spacial score (nSPS) is 10.8. The van der Waals surface area contributed by atoms with Crippen LogP contribution in [0.5, 0.6) is 0 Å². The fraction of sp³-hybridized carbons (Fsp3) is 0.0909. The molecule has 0 saturated carbocycles. The van der Waals surface area contributed by atoms with Crippen LogP contribution in [0.3, 0.4) is 0 Å². The molecule has 3 rings (SSSR count). The highest BCUT2D eigenvalue weighted by Gasteiger charge is 2.07. The molecule has 0 unspecified atom stereocenters. The van der Waals surface area contributed by atoms with Gasteiger partial charge in [-0.2, -0.15) is 0 Å². The molecule has 4 nitrogen and oxygen atoms in total. The minimum absolute atomic E-state index is 0.877. The van der Waals surface area contributed by atoms with E-state index in [-0.39, 0.29) is 0 Å². The zero-order chi connectivity index (χ0) is 11.0. The van der Waals surface area contributed by atoms with Crippen molar-refractivity contribution in [3.63, 3.8) is 0 Å². The largest absolute Gasteiger partial charge is 0.363 e. The van der Waals surface area contributed by atoms with Gasteiger partial charge < -0.3 is 5.32 Å². The van der Waals surface area contributed by atoms with Crippen molar-refractivity contribution in [3.05, 3.63) is 36.5 Å². The average molecular weight is 230 g/mol. The van der Waals surface area contributed by atoms with E-state index in [0.717, 1.165) is 21.3 Å². The number of benzene rings is 1. The second-order valence-corrected chi connectivity index (χ2v) is 4.33. The van der Waals surface area contributed by atoms with E-state index >= 15 is 0 Å². The highest BCUT2D eigenvalue weighted by molar-refractivity contribution is 7.20. The molecule has 2 heterocycles. The third-order valence-electron chi connectivity index (χ3n) is 2.33. The molecule has 0 saturated heterocycles. The first-order valence-corrected chi connectivity index (χ1v) is 5.78. The minimum atomic E-state index is 0.877. The molecule has 0 fully saturated rings. The maximum absolute atomic E-state index is 4.53. The number of fused-ring (bicyclic) bond motifs is 1. The summed E-state index contributed by atoms with van der Waals surface area (Å²) in [5.41, 5.74) is 2.08. The third kappa shape index (κ3) is 1.45. The summed E-state index contributed by atoms with van der Waals surface area (Å²) in [6.07, 6.45) is 1.95. The smallest absolute Gasteiger partial charge is 0.214 e. The summed E-state index contributed by atoms with van der Waals surface area (Å²) >= 11 is 1.54.